The van der Waals surface area contributed by atoms with Crippen LogP contribution in [-0.4, -0.2) is 61.6 Å². The Morgan fingerprint density at radius 2 is 1.62 bits per heavy atom. The Bertz CT molecular complexity index is 707. The molecule has 0 radical (unpaired) electrons. The average Bonchev–Trinajstić information content (AvgIpc) is 2.97. The molecule has 1 aliphatic heterocycles. The number of nitrogens with two attached hydrogens (primary N) is 1. The van der Waals surface area contributed by atoms with E-state index in [4.69, 9.17) is 5.14 Å². The third kappa shape index (κ3) is 4.09. The van der Waals surface area contributed by atoms with Crippen LogP contribution in [0.4, 0.5) is 5.69 Å². The molecule has 0 aromatic heterocycles. The Morgan fingerprint density at radius 3 is 2.04 bits per heavy atom. The molecule has 9 nitrogen and oxygen atoms in total. The molecule has 2 atom stereocenters. The van der Waals surface area contributed by atoms with Gasteiger partial charge >= 0.3 is 11.8 Å². The highest BCUT2D eigenvalue weighted by Crippen LogP contribution is 2.23. The number of carbonyl (C=O) groups is 2. The van der Waals surface area contributed by atoms with E-state index in [0.717, 1.165) is 0 Å². The van der Waals surface area contributed by atoms with Crippen LogP contribution in [0.5, 0.6) is 0 Å². The number of hydrogen-bond donors (Lipinski definition) is 4. The minimum Gasteiger partial charge on any atom is -0.396 e. The largest absolute Gasteiger partial charge is 0.396 e. The van der Waals surface area contributed by atoms with Gasteiger partial charge in [0.1, 0.15) is 0 Å². The summed E-state index contributed by atoms with van der Waals surface area (Å²) in [6.07, 6.45) is 0. The molecule has 24 heavy (non-hydrogen) atoms. The van der Waals surface area contributed by atoms with E-state index in [1.54, 1.807) is 0 Å². The molecular weight excluding hydrogens is 338 g/mol. The van der Waals surface area contributed by atoms with Gasteiger partial charge in [0.15, 0.2) is 0 Å². The minimum atomic E-state index is -3.83. The first-order chi connectivity index (χ1) is 11.3. The number of hydrogen-bond acceptors (Lipinski definition) is 6. The molecule has 1 fully saturated rings. The lowest BCUT2D eigenvalue weighted by Gasteiger charge is -2.15. The van der Waals surface area contributed by atoms with Crippen LogP contribution in [0.25, 0.3) is 0 Å². The lowest BCUT2D eigenvalue weighted by atomic mass is 9.98. The fourth-order valence-corrected chi connectivity index (χ4v) is 3.09. The Labute approximate surface area is 139 Å². The van der Waals surface area contributed by atoms with Crippen LogP contribution in [0.1, 0.15) is 0 Å². The summed E-state index contributed by atoms with van der Waals surface area (Å²) in [6, 6.07) is 5.08. The van der Waals surface area contributed by atoms with Crippen molar-refractivity contribution in [1.82, 2.24) is 4.90 Å². The predicted molar refractivity (Wildman–Crippen MR) is 84.2 cm³/mol. The zero-order valence-corrected chi connectivity index (χ0v) is 13.6. The Hall–Kier alpha value is -2.01. The molecule has 0 spiro atoms. The van der Waals surface area contributed by atoms with Crippen molar-refractivity contribution in [2.24, 2.45) is 17.0 Å². The lowest BCUT2D eigenvalue weighted by Crippen LogP contribution is -2.38. The van der Waals surface area contributed by atoms with E-state index >= 15 is 0 Å². The second kappa shape index (κ2) is 7.26. The maximum atomic E-state index is 12.1. The molecule has 132 valence electrons. The van der Waals surface area contributed by atoms with Gasteiger partial charge in [-0.15, -0.1) is 0 Å². The van der Waals surface area contributed by atoms with Gasteiger partial charge in [-0.05, 0) is 24.3 Å². The quantitative estimate of drug-likeness (QED) is 0.473. The minimum absolute atomic E-state index is 0.108. The van der Waals surface area contributed by atoms with E-state index in [-0.39, 0.29) is 48.7 Å². The van der Waals surface area contributed by atoms with Crippen LogP contribution >= 0.6 is 0 Å². The van der Waals surface area contributed by atoms with Crippen LogP contribution in [0.15, 0.2) is 29.2 Å². The number of rotatable bonds is 4. The molecule has 1 heterocycles. The predicted octanol–water partition coefficient (Wildman–Crippen LogP) is -1.67. The third-order valence-corrected chi connectivity index (χ3v) is 4.90. The van der Waals surface area contributed by atoms with Crippen molar-refractivity contribution in [2.75, 3.05) is 31.6 Å². The van der Waals surface area contributed by atoms with Crippen LogP contribution in [0, 0.1) is 11.8 Å². The van der Waals surface area contributed by atoms with Crippen molar-refractivity contribution in [2.45, 2.75) is 4.90 Å². The highest BCUT2D eigenvalue weighted by molar-refractivity contribution is 7.89. The van der Waals surface area contributed by atoms with Gasteiger partial charge in [0, 0.05) is 43.8 Å². The first-order valence-corrected chi connectivity index (χ1v) is 8.75. The first-order valence-electron chi connectivity index (χ1n) is 7.21. The molecule has 0 aliphatic carbocycles. The maximum Gasteiger partial charge on any atom is 0.313 e. The van der Waals surface area contributed by atoms with Gasteiger partial charge in [-0.1, -0.05) is 0 Å². The van der Waals surface area contributed by atoms with Gasteiger partial charge in [-0.25, -0.2) is 13.6 Å². The van der Waals surface area contributed by atoms with Gasteiger partial charge in [-0.2, -0.15) is 0 Å². The van der Waals surface area contributed by atoms with Crippen molar-refractivity contribution in [3.8, 4) is 0 Å². The highest BCUT2D eigenvalue weighted by atomic mass is 32.2. The van der Waals surface area contributed by atoms with Gasteiger partial charge in [-0.3, -0.25) is 9.59 Å². The monoisotopic (exact) mass is 357 g/mol. The molecular formula is C14H19N3O6S. The number of primary sulfonamides is 1. The fraction of sp³-hybridized carbons (Fsp3) is 0.429. The van der Waals surface area contributed by atoms with Crippen molar-refractivity contribution in [3.05, 3.63) is 24.3 Å². The summed E-state index contributed by atoms with van der Waals surface area (Å²) in [5.41, 5.74) is 0.248. The molecule has 1 aromatic carbocycles. The molecule has 2 amide bonds. The van der Waals surface area contributed by atoms with Gasteiger partial charge in [0.2, 0.25) is 10.0 Å². The van der Waals surface area contributed by atoms with E-state index in [0.29, 0.717) is 0 Å². The van der Waals surface area contributed by atoms with Gasteiger partial charge in [0.25, 0.3) is 0 Å². The third-order valence-electron chi connectivity index (χ3n) is 3.97. The topological polar surface area (TPSA) is 150 Å². The summed E-state index contributed by atoms with van der Waals surface area (Å²) in [4.78, 5) is 25.3. The summed E-state index contributed by atoms with van der Waals surface area (Å²) >= 11 is 0. The molecule has 0 unspecified atom stereocenters. The number of aliphatic hydroxyl groups excluding tert-OH is 2. The SMILES string of the molecule is NS(=O)(=O)c1ccc(NC(=O)C(=O)N2C[C@@H](CO)[C@H](CO)C2)cc1. The van der Waals surface area contributed by atoms with Crippen molar-refractivity contribution < 1.29 is 28.2 Å². The number of aliphatic hydroxyl groups is 2. The molecule has 10 heteroatoms. The molecule has 1 aliphatic rings. The van der Waals surface area contributed by atoms with E-state index < -0.39 is 21.8 Å². The number of benzene rings is 1. The number of likely N-dealkylation sites (tertiary alicyclic amines) is 1. The van der Waals surface area contributed by atoms with Crippen molar-refractivity contribution >= 4 is 27.5 Å². The number of carbonyl (C=O) groups excluding carboxylic acids is 2. The van der Waals surface area contributed by atoms with Crippen molar-refractivity contribution in [3.63, 3.8) is 0 Å². The van der Waals surface area contributed by atoms with Gasteiger partial charge in [0.05, 0.1) is 4.90 Å². The van der Waals surface area contributed by atoms with Gasteiger partial charge < -0.3 is 20.4 Å². The zero-order valence-electron chi connectivity index (χ0n) is 12.8. The summed E-state index contributed by atoms with van der Waals surface area (Å²) in [7, 11) is -3.83. The lowest BCUT2D eigenvalue weighted by molar-refractivity contribution is -0.142. The average molecular weight is 357 g/mol. The molecule has 2 rings (SSSR count). The van der Waals surface area contributed by atoms with E-state index in [1.807, 2.05) is 0 Å². The molecule has 1 saturated heterocycles. The maximum absolute atomic E-state index is 12.1. The number of amides is 2. The van der Waals surface area contributed by atoms with E-state index in [1.165, 1.54) is 29.2 Å². The highest BCUT2D eigenvalue weighted by Gasteiger charge is 2.36. The van der Waals surface area contributed by atoms with Crippen LogP contribution in [-0.2, 0) is 19.6 Å². The first kappa shape index (κ1) is 18.3. The summed E-state index contributed by atoms with van der Waals surface area (Å²) in [6.45, 7) is 0.0357. The smallest absolute Gasteiger partial charge is 0.313 e. The van der Waals surface area contributed by atoms with Crippen LogP contribution in [0.3, 0.4) is 0 Å². The number of nitrogens with one attached hydrogen (secondary N) is 1. The molecule has 0 bridgehead atoms. The van der Waals surface area contributed by atoms with Crippen LogP contribution < -0.4 is 10.5 Å². The molecule has 1 aromatic rings. The Balaban J connectivity index is 2.01. The standard InChI is InChI=1S/C14H19N3O6S/c15-24(22,23)12-3-1-11(2-4-12)16-13(20)14(21)17-5-9(7-18)10(6-17)8-19/h1-4,9-10,18-19H,5-8H2,(H,16,20)(H2,15,22,23)/t9-,10-/m0/s1. The fourth-order valence-electron chi connectivity index (χ4n) is 2.57. The molecule has 5 N–H and O–H groups in total. The number of anilines is 1. The normalized spacial score (nSPS) is 20.9. The van der Waals surface area contributed by atoms with Crippen LogP contribution in [0.2, 0.25) is 0 Å². The summed E-state index contributed by atoms with van der Waals surface area (Å²) in [5, 5.41) is 25.8. The second-order valence-corrected chi connectivity index (χ2v) is 7.18. The summed E-state index contributed by atoms with van der Waals surface area (Å²) < 4.78 is 22.3. The van der Waals surface area contributed by atoms with E-state index in [2.05, 4.69) is 5.32 Å². The Morgan fingerprint density at radius 1 is 1.12 bits per heavy atom. The number of sulfonamides is 1. The molecule has 0 saturated carbocycles. The van der Waals surface area contributed by atoms with E-state index in [9.17, 15) is 28.2 Å². The number of nitrogens with zero attached hydrogens (tertiary/aromatic N) is 1. The van der Waals surface area contributed by atoms with Crippen molar-refractivity contribution in [1.29, 1.82) is 0 Å². The Kier molecular flexibility index (Phi) is 5.54. The second-order valence-electron chi connectivity index (χ2n) is 5.62. The zero-order chi connectivity index (χ0) is 17.9. The summed E-state index contributed by atoms with van der Waals surface area (Å²) in [5.74, 6) is -2.19.